The van der Waals surface area contributed by atoms with E-state index >= 15 is 4.79 Å². The number of benzene rings is 1. The van der Waals surface area contributed by atoms with Gasteiger partial charge in [0.1, 0.15) is 16.7 Å². The van der Waals surface area contributed by atoms with Crippen LogP contribution >= 0.6 is 0 Å². The molecule has 4 atom stereocenters. The molecule has 2 saturated carbocycles. The van der Waals surface area contributed by atoms with Crippen LogP contribution in [0, 0.1) is 39.4 Å². The SMILES string of the molecule is C=C(C)[C@@H](CC=C(C)C)C[C@@]12C[C@@H](CC=C(C)C)C(C)(C)[C@@](CC=C(C)C)(C(=O)/C(=C(/O)c3ccc(O)c(O)c3)C1=O)C2=O.CC#N. The van der Waals surface area contributed by atoms with Crippen LogP contribution in [-0.4, -0.2) is 32.7 Å². The first-order valence-corrected chi connectivity index (χ1v) is 16.2. The van der Waals surface area contributed by atoms with Gasteiger partial charge in [0.05, 0.1) is 11.5 Å². The summed E-state index contributed by atoms with van der Waals surface area (Å²) in [5.41, 5.74) is -0.453. The van der Waals surface area contributed by atoms with Crippen molar-refractivity contribution in [3.63, 3.8) is 0 Å². The molecule has 0 saturated heterocycles. The van der Waals surface area contributed by atoms with E-state index in [0.717, 1.165) is 28.4 Å². The molecule has 0 heterocycles. The van der Waals surface area contributed by atoms with Crippen molar-refractivity contribution in [2.24, 2.45) is 28.1 Å². The van der Waals surface area contributed by atoms with Crippen LogP contribution in [-0.2, 0) is 14.4 Å². The normalized spacial score (nSPS) is 24.5. The predicted octanol–water partition coefficient (Wildman–Crippen LogP) is 9.29. The van der Waals surface area contributed by atoms with Gasteiger partial charge >= 0.3 is 0 Å². The Balaban J connectivity index is 0.00000246. The largest absolute Gasteiger partial charge is 0.506 e. The van der Waals surface area contributed by atoms with Crippen LogP contribution in [0.2, 0.25) is 0 Å². The minimum Gasteiger partial charge on any atom is -0.506 e. The number of nitriles is 1. The van der Waals surface area contributed by atoms with Crippen molar-refractivity contribution >= 4 is 23.1 Å². The molecule has 254 valence electrons. The van der Waals surface area contributed by atoms with E-state index in [-0.39, 0.29) is 42.4 Å². The Kier molecular flexibility index (Phi) is 12.6. The lowest BCUT2D eigenvalue weighted by molar-refractivity contribution is -0.177. The van der Waals surface area contributed by atoms with Gasteiger partial charge in [-0.3, -0.25) is 14.4 Å². The van der Waals surface area contributed by atoms with Crippen LogP contribution in [0.5, 0.6) is 11.5 Å². The third-order valence-corrected chi connectivity index (χ3v) is 10.0. The number of aromatic hydroxyl groups is 2. The molecule has 3 N–H and O–H groups in total. The third-order valence-electron chi connectivity index (χ3n) is 10.0. The summed E-state index contributed by atoms with van der Waals surface area (Å²) in [5.74, 6) is -3.61. The Hall–Kier alpha value is -4.18. The predicted molar refractivity (Wildman–Crippen MR) is 187 cm³/mol. The highest BCUT2D eigenvalue weighted by atomic mass is 16.3. The summed E-state index contributed by atoms with van der Waals surface area (Å²) in [6.45, 7) is 23.3. The van der Waals surface area contributed by atoms with E-state index < -0.39 is 50.6 Å². The number of allylic oxidation sites excluding steroid dienone is 8. The molecule has 7 nitrogen and oxygen atoms in total. The average molecular weight is 644 g/mol. The van der Waals surface area contributed by atoms with E-state index in [2.05, 4.69) is 18.7 Å². The monoisotopic (exact) mass is 643 g/mol. The number of aliphatic hydroxyl groups is 1. The fourth-order valence-electron chi connectivity index (χ4n) is 7.08. The minimum atomic E-state index is -1.62. The molecule has 47 heavy (non-hydrogen) atoms. The topological polar surface area (TPSA) is 136 Å². The number of hydrogen-bond acceptors (Lipinski definition) is 7. The van der Waals surface area contributed by atoms with Gasteiger partial charge in [-0.05, 0) is 116 Å². The first kappa shape index (κ1) is 39.0. The first-order chi connectivity index (χ1) is 21.7. The molecule has 2 bridgehead atoms. The molecule has 2 fully saturated rings. The molecule has 0 aromatic heterocycles. The smallest absolute Gasteiger partial charge is 0.184 e. The maximum atomic E-state index is 15.2. The Bertz CT molecular complexity index is 1580. The minimum absolute atomic E-state index is 0.0110. The number of phenolic OH excluding ortho intramolecular Hbond substituents is 2. The summed E-state index contributed by atoms with van der Waals surface area (Å²) in [5, 5.41) is 39.1. The maximum Gasteiger partial charge on any atom is 0.184 e. The van der Waals surface area contributed by atoms with Gasteiger partial charge in [-0.15, -0.1) is 0 Å². The van der Waals surface area contributed by atoms with Crippen molar-refractivity contribution in [2.75, 3.05) is 0 Å². The fraction of sp³-hybridized carbons (Fsp3) is 0.500. The molecular formula is C40H53NO6. The highest BCUT2D eigenvalue weighted by Gasteiger charge is 2.74. The molecule has 7 heteroatoms. The number of phenols is 2. The van der Waals surface area contributed by atoms with Gasteiger partial charge in [0.25, 0.3) is 0 Å². The molecule has 2 aliphatic rings. The zero-order chi connectivity index (χ0) is 36.1. The summed E-state index contributed by atoms with van der Waals surface area (Å²) in [4.78, 5) is 44.9. The van der Waals surface area contributed by atoms with Crippen molar-refractivity contribution in [1.29, 1.82) is 5.26 Å². The van der Waals surface area contributed by atoms with Crippen LogP contribution in [0.3, 0.4) is 0 Å². The molecule has 0 aliphatic heterocycles. The number of carbonyl (C=O) groups excluding carboxylic acids is 3. The van der Waals surface area contributed by atoms with Gasteiger partial charge in [-0.1, -0.05) is 60.9 Å². The number of nitrogens with zero attached hydrogens (tertiary/aromatic N) is 1. The summed E-state index contributed by atoms with van der Waals surface area (Å²) in [6, 6.07) is 5.40. The molecule has 0 unspecified atom stereocenters. The van der Waals surface area contributed by atoms with Crippen LogP contribution in [0.4, 0.5) is 0 Å². The van der Waals surface area contributed by atoms with Gasteiger partial charge in [-0.25, -0.2) is 0 Å². The number of hydrogen-bond donors (Lipinski definition) is 3. The summed E-state index contributed by atoms with van der Waals surface area (Å²) in [6.07, 6.45) is 7.79. The second kappa shape index (κ2) is 15.2. The Morgan fingerprint density at radius 2 is 1.51 bits per heavy atom. The fourth-order valence-corrected chi connectivity index (χ4v) is 7.08. The summed E-state index contributed by atoms with van der Waals surface area (Å²) >= 11 is 0. The van der Waals surface area contributed by atoms with Crippen molar-refractivity contribution in [2.45, 2.75) is 101 Å². The van der Waals surface area contributed by atoms with Crippen molar-refractivity contribution < 1.29 is 29.7 Å². The van der Waals surface area contributed by atoms with Gasteiger partial charge in [0.2, 0.25) is 0 Å². The number of carbonyl (C=O) groups is 3. The number of fused-ring (bicyclic) bond motifs is 2. The van der Waals surface area contributed by atoms with E-state index in [4.69, 9.17) is 5.26 Å². The number of Topliss-reactive ketones (excluding diaryl/α,β-unsaturated/α-hetero) is 3. The quantitative estimate of drug-likeness (QED) is 0.0577. The number of ketones is 3. The van der Waals surface area contributed by atoms with E-state index in [9.17, 15) is 24.9 Å². The van der Waals surface area contributed by atoms with Gasteiger partial charge in [0.15, 0.2) is 28.8 Å². The Labute approximate surface area is 281 Å². The molecule has 0 radical (unpaired) electrons. The van der Waals surface area contributed by atoms with Crippen LogP contribution in [0.15, 0.2) is 70.9 Å². The van der Waals surface area contributed by atoms with Crippen LogP contribution in [0.25, 0.3) is 5.76 Å². The molecule has 0 spiro atoms. The van der Waals surface area contributed by atoms with E-state index in [0.29, 0.717) is 12.8 Å². The highest BCUT2D eigenvalue weighted by molar-refractivity contribution is 6.41. The maximum absolute atomic E-state index is 15.2. The van der Waals surface area contributed by atoms with E-state index in [1.807, 2.05) is 68.4 Å². The second-order valence-electron chi connectivity index (χ2n) is 14.5. The third kappa shape index (κ3) is 7.53. The number of aliphatic hydroxyl groups excluding tert-OH is 1. The lowest BCUT2D eigenvalue weighted by atomic mass is 9.38. The summed E-state index contributed by atoms with van der Waals surface area (Å²) in [7, 11) is 0. The zero-order valence-corrected chi connectivity index (χ0v) is 29.9. The van der Waals surface area contributed by atoms with Crippen molar-refractivity contribution in [1.82, 2.24) is 0 Å². The molecule has 0 amide bonds. The van der Waals surface area contributed by atoms with Gasteiger partial charge in [0, 0.05) is 12.5 Å². The molecular weight excluding hydrogens is 590 g/mol. The molecule has 3 rings (SSSR count). The van der Waals surface area contributed by atoms with Crippen LogP contribution < -0.4 is 0 Å². The van der Waals surface area contributed by atoms with Crippen LogP contribution in [0.1, 0.15) is 107 Å². The zero-order valence-electron chi connectivity index (χ0n) is 29.9. The van der Waals surface area contributed by atoms with E-state index in [1.54, 1.807) is 6.07 Å². The first-order valence-electron chi connectivity index (χ1n) is 16.2. The lowest BCUT2D eigenvalue weighted by Crippen LogP contribution is -2.69. The molecule has 1 aromatic rings. The van der Waals surface area contributed by atoms with E-state index in [1.165, 1.54) is 19.1 Å². The standard InChI is InChI=1S/C38H50O6.C2H3N/c1-22(2)11-13-27(25(7)8)20-37-21-28(15-12-23(3)4)36(9,10)38(35(37)44,18-17-24(5)6)34(43)31(33(37)42)32(41)26-14-16-29(39)30(40)19-26;1-2-3/h11-12,14,16-17,19,27-28,39-41H,7,13,15,18,20-21H2,1-6,8-10H3;1H3/b32-31+;/t27-,28+,37+,38-;/m0./s1. The Morgan fingerprint density at radius 1 is 0.957 bits per heavy atom. The average Bonchev–Trinajstić information content (AvgIpc) is 2.96. The lowest BCUT2D eigenvalue weighted by Gasteiger charge is -2.60. The second-order valence-corrected chi connectivity index (χ2v) is 14.5. The van der Waals surface area contributed by atoms with Gasteiger partial charge in [-0.2, -0.15) is 5.26 Å². The molecule has 2 aliphatic carbocycles. The highest BCUT2D eigenvalue weighted by Crippen LogP contribution is 2.66. The van der Waals surface area contributed by atoms with Crippen molar-refractivity contribution in [3.8, 4) is 17.6 Å². The van der Waals surface area contributed by atoms with Gasteiger partial charge < -0.3 is 15.3 Å². The molecule has 1 aromatic carbocycles. The summed E-state index contributed by atoms with van der Waals surface area (Å²) < 4.78 is 0. The Morgan fingerprint density at radius 3 is 2.00 bits per heavy atom. The number of rotatable bonds is 10. The van der Waals surface area contributed by atoms with Crippen molar-refractivity contribution in [3.05, 3.63) is 76.4 Å².